The highest BCUT2D eigenvalue weighted by molar-refractivity contribution is 4.84. The molecule has 1 atom stereocenters. The van der Waals surface area contributed by atoms with Crippen LogP contribution in [0.3, 0.4) is 0 Å². The number of aliphatic hydroxyl groups excluding tert-OH is 1. The lowest BCUT2D eigenvalue weighted by Gasteiger charge is -2.36. The van der Waals surface area contributed by atoms with Crippen molar-refractivity contribution in [2.24, 2.45) is 0 Å². The zero-order valence-corrected chi connectivity index (χ0v) is 10.9. The molecule has 0 spiro atoms. The van der Waals surface area contributed by atoms with Crippen LogP contribution < -0.4 is 0 Å². The topological polar surface area (TPSA) is 62.2 Å². The molecule has 0 aromatic carbocycles. The molecule has 0 aromatic rings. The normalized spacial score (nSPS) is 21.7. The summed E-state index contributed by atoms with van der Waals surface area (Å²) >= 11 is 0. The van der Waals surface area contributed by atoms with Gasteiger partial charge in [0.25, 0.3) is 0 Å². The van der Waals surface area contributed by atoms with Gasteiger partial charge in [0.1, 0.15) is 0 Å². The summed E-state index contributed by atoms with van der Waals surface area (Å²) in [6.07, 6.45) is 0.834. The van der Waals surface area contributed by atoms with Crippen molar-refractivity contribution in [1.29, 1.82) is 0 Å². The van der Waals surface area contributed by atoms with E-state index in [0.717, 1.165) is 0 Å². The molecule has 1 unspecified atom stereocenters. The predicted octanol–water partition coefficient (Wildman–Crippen LogP) is -0.143. The molecule has 1 aliphatic rings. The van der Waals surface area contributed by atoms with E-state index < -0.39 is 11.7 Å². The molecule has 0 bridgehead atoms. The van der Waals surface area contributed by atoms with E-state index >= 15 is 0 Å². The van der Waals surface area contributed by atoms with E-state index in [1.165, 1.54) is 0 Å². The van der Waals surface area contributed by atoms with Gasteiger partial charge in [0.15, 0.2) is 0 Å². The van der Waals surface area contributed by atoms with E-state index in [-0.39, 0.29) is 0 Å². The number of ether oxygens (including phenoxy) is 2. The Morgan fingerprint density at radius 1 is 1.41 bits per heavy atom. The Hall–Kier alpha value is -0.200. The third kappa shape index (κ3) is 5.79. The SMILES string of the molecule is CCOCC(O)CN(C)CC1(O)CCOCC1. The Morgan fingerprint density at radius 3 is 2.65 bits per heavy atom. The maximum atomic E-state index is 10.3. The van der Waals surface area contributed by atoms with Gasteiger partial charge in [-0.05, 0) is 14.0 Å². The third-order valence-corrected chi connectivity index (χ3v) is 3.02. The number of aliphatic hydroxyl groups is 2. The van der Waals surface area contributed by atoms with Crippen molar-refractivity contribution in [2.45, 2.75) is 31.5 Å². The Morgan fingerprint density at radius 2 is 2.06 bits per heavy atom. The quantitative estimate of drug-likeness (QED) is 0.655. The summed E-state index contributed by atoms with van der Waals surface area (Å²) in [5, 5.41) is 20.0. The lowest BCUT2D eigenvalue weighted by molar-refractivity contribution is -0.0818. The summed E-state index contributed by atoms with van der Waals surface area (Å²) in [6, 6.07) is 0. The fourth-order valence-electron chi connectivity index (χ4n) is 2.14. The van der Waals surface area contributed by atoms with Crippen LogP contribution in [0.5, 0.6) is 0 Å². The second-order valence-corrected chi connectivity index (χ2v) is 4.85. The second kappa shape index (κ2) is 7.28. The Balaban J connectivity index is 2.25. The second-order valence-electron chi connectivity index (χ2n) is 4.85. The fourth-order valence-corrected chi connectivity index (χ4v) is 2.14. The van der Waals surface area contributed by atoms with E-state index in [1.807, 2.05) is 18.9 Å². The molecule has 0 saturated carbocycles. The van der Waals surface area contributed by atoms with Crippen molar-refractivity contribution in [1.82, 2.24) is 4.90 Å². The highest BCUT2D eigenvalue weighted by Crippen LogP contribution is 2.21. The number of likely N-dealkylation sites (N-methyl/N-ethyl adjacent to an activating group) is 1. The zero-order chi connectivity index (χ0) is 12.7. The van der Waals surface area contributed by atoms with E-state index in [1.54, 1.807) is 0 Å². The molecule has 1 heterocycles. The smallest absolute Gasteiger partial charge is 0.0900 e. The molecule has 17 heavy (non-hydrogen) atoms. The molecular weight excluding hydrogens is 222 g/mol. The summed E-state index contributed by atoms with van der Waals surface area (Å²) in [5.74, 6) is 0. The van der Waals surface area contributed by atoms with Gasteiger partial charge in [-0.15, -0.1) is 0 Å². The van der Waals surface area contributed by atoms with E-state index in [0.29, 0.717) is 52.4 Å². The first-order chi connectivity index (χ1) is 8.06. The van der Waals surface area contributed by atoms with Crippen LogP contribution in [0.4, 0.5) is 0 Å². The van der Waals surface area contributed by atoms with Crippen LogP contribution in [-0.2, 0) is 9.47 Å². The summed E-state index contributed by atoms with van der Waals surface area (Å²) < 4.78 is 10.4. The van der Waals surface area contributed by atoms with Gasteiger partial charge in [-0.25, -0.2) is 0 Å². The van der Waals surface area contributed by atoms with Gasteiger partial charge in [-0.2, -0.15) is 0 Å². The van der Waals surface area contributed by atoms with Crippen LogP contribution in [0, 0.1) is 0 Å². The minimum atomic E-state index is -0.668. The molecule has 0 aromatic heterocycles. The largest absolute Gasteiger partial charge is 0.389 e. The maximum absolute atomic E-state index is 10.3. The first kappa shape index (κ1) is 14.9. The zero-order valence-electron chi connectivity index (χ0n) is 10.9. The van der Waals surface area contributed by atoms with Gasteiger partial charge in [0, 0.05) is 45.8 Å². The molecular formula is C12H25NO4. The predicted molar refractivity (Wildman–Crippen MR) is 65.0 cm³/mol. The van der Waals surface area contributed by atoms with Crippen LogP contribution in [0.1, 0.15) is 19.8 Å². The van der Waals surface area contributed by atoms with Crippen molar-refractivity contribution in [3.63, 3.8) is 0 Å². The van der Waals surface area contributed by atoms with Gasteiger partial charge >= 0.3 is 0 Å². The number of rotatable bonds is 7. The lowest BCUT2D eigenvalue weighted by atomic mass is 9.94. The molecule has 1 aliphatic heterocycles. The minimum absolute atomic E-state index is 0.350. The van der Waals surface area contributed by atoms with Gasteiger partial charge < -0.3 is 24.6 Å². The third-order valence-electron chi connectivity index (χ3n) is 3.02. The first-order valence-corrected chi connectivity index (χ1v) is 6.30. The van der Waals surface area contributed by atoms with Crippen molar-refractivity contribution < 1.29 is 19.7 Å². The summed E-state index contributed by atoms with van der Waals surface area (Å²) in [7, 11) is 1.91. The molecule has 5 nitrogen and oxygen atoms in total. The molecule has 1 rings (SSSR count). The first-order valence-electron chi connectivity index (χ1n) is 6.30. The molecule has 5 heteroatoms. The van der Waals surface area contributed by atoms with Crippen molar-refractivity contribution in [2.75, 3.05) is 46.6 Å². The summed E-state index contributed by atoms with van der Waals surface area (Å²) in [4.78, 5) is 1.95. The van der Waals surface area contributed by atoms with Crippen LogP contribution in [0.25, 0.3) is 0 Å². The molecule has 2 N–H and O–H groups in total. The molecule has 1 saturated heterocycles. The number of nitrogens with zero attached hydrogens (tertiary/aromatic N) is 1. The Kier molecular flexibility index (Phi) is 6.37. The average Bonchev–Trinajstić information content (AvgIpc) is 2.26. The highest BCUT2D eigenvalue weighted by atomic mass is 16.5. The van der Waals surface area contributed by atoms with Crippen molar-refractivity contribution >= 4 is 0 Å². The summed E-state index contributed by atoms with van der Waals surface area (Å²) in [6.45, 7) is 5.19. The van der Waals surface area contributed by atoms with Gasteiger partial charge in [0.05, 0.1) is 18.3 Å². The molecule has 0 radical (unpaired) electrons. The molecule has 1 fully saturated rings. The van der Waals surface area contributed by atoms with Crippen LogP contribution in [0.2, 0.25) is 0 Å². The number of hydrogen-bond acceptors (Lipinski definition) is 5. The van der Waals surface area contributed by atoms with Gasteiger partial charge in [-0.1, -0.05) is 0 Å². The highest BCUT2D eigenvalue weighted by Gasteiger charge is 2.31. The lowest BCUT2D eigenvalue weighted by Crippen LogP contribution is -2.47. The van der Waals surface area contributed by atoms with Crippen LogP contribution >= 0.6 is 0 Å². The van der Waals surface area contributed by atoms with Gasteiger partial charge in [0.2, 0.25) is 0 Å². The van der Waals surface area contributed by atoms with Crippen molar-refractivity contribution in [3.05, 3.63) is 0 Å². The minimum Gasteiger partial charge on any atom is -0.389 e. The Labute approximate surface area is 103 Å². The van der Waals surface area contributed by atoms with E-state index in [9.17, 15) is 10.2 Å². The Bertz CT molecular complexity index is 207. The van der Waals surface area contributed by atoms with Crippen LogP contribution in [-0.4, -0.2) is 73.4 Å². The molecule has 0 aliphatic carbocycles. The number of hydrogen-bond donors (Lipinski definition) is 2. The van der Waals surface area contributed by atoms with Gasteiger partial charge in [-0.3, -0.25) is 0 Å². The molecule has 102 valence electrons. The van der Waals surface area contributed by atoms with E-state index in [4.69, 9.17) is 9.47 Å². The fraction of sp³-hybridized carbons (Fsp3) is 1.00. The standard InChI is InChI=1S/C12H25NO4/c1-3-16-9-11(14)8-13(2)10-12(15)4-6-17-7-5-12/h11,14-15H,3-10H2,1-2H3. The molecule has 0 amide bonds. The maximum Gasteiger partial charge on any atom is 0.0900 e. The summed E-state index contributed by atoms with van der Waals surface area (Å²) in [5.41, 5.74) is -0.668. The van der Waals surface area contributed by atoms with Crippen molar-refractivity contribution in [3.8, 4) is 0 Å². The average molecular weight is 247 g/mol. The van der Waals surface area contributed by atoms with E-state index in [2.05, 4.69) is 0 Å². The monoisotopic (exact) mass is 247 g/mol. The van der Waals surface area contributed by atoms with Crippen LogP contribution in [0.15, 0.2) is 0 Å².